The van der Waals surface area contributed by atoms with Crippen molar-refractivity contribution in [1.82, 2.24) is 4.72 Å². The summed E-state index contributed by atoms with van der Waals surface area (Å²) in [6.07, 6.45) is 7.09. The van der Waals surface area contributed by atoms with Gasteiger partial charge in [0.15, 0.2) is 0 Å². The highest BCUT2D eigenvalue weighted by molar-refractivity contribution is 7.89. The molecule has 0 saturated heterocycles. The molecule has 0 radical (unpaired) electrons. The van der Waals surface area contributed by atoms with E-state index in [1.54, 1.807) is 12.1 Å². The standard InChI is InChI=1S/C22H30N2O2S/c1-3-4-5-9-17-23-18-16-22(20-10-7-6-8-11-20)24-27(25,26)21-14-12-19(2)13-15-21/h6-8,10-15,18,22,24H,3-5,9,16-17H2,1-2H3. The van der Waals surface area contributed by atoms with Crippen molar-refractivity contribution in [3.05, 3.63) is 65.7 Å². The Kier molecular flexibility index (Phi) is 8.69. The molecule has 27 heavy (non-hydrogen) atoms. The Balaban J connectivity index is 2.06. The summed E-state index contributed by atoms with van der Waals surface area (Å²) in [7, 11) is -3.59. The van der Waals surface area contributed by atoms with Crippen LogP contribution in [0.2, 0.25) is 0 Å². The van der Waals surface area contributed by atoms with Crippen molar-refractivity contribution >= 4 is 16.2 Å². The van der Waals surface area contributed by atoms with E-state index in [9.17, 15) is 8.42 Å². The molecule has 0 aliphatic carbocycles. The molecule has 5 heteroatoms. The summed E-state index contributed by atoms with van der Waals surface area (Å²) in [5.41, 5.74) is 1.97. The Morgan fingerprint density at radius 1 is 1.00 bits per heavy atom. The van der Waals surface area contributed by atoms with Gasteiger partial charge in [-0.3, -0.25) is 4.99 Å². The van der Waals surface area contributed by atoms with Crippen molar-refractivity contribution in [2.45, 2.75) is 56.9 Å². The van der Waals surface area contributed by atoms with Gasteiger partial charge in [-0.05, 0) is 31.0 Å². The zero-order chi connectivity index (χ0) is 19.5. The Morgan fingerprint density at radius 2 is 1.70 bits per heavy atom. The molecule has 0 aliphatic rings. The minimum Gasteiger partial charge on any atom is -0.297 e. The minimum absolute atomic E-state index is 0.283. The largest absolute Gasteiger partial charge is 0.297 e. The van der Waals surface area contributed by atoms with Gasteiger partial charge in [-0.2, -0.15) is 0 Å². The van der Waals surface area contributed by atoms with Gasteiger partial charge in [0.25, 0.3) is 0 Å². The quantitative estimate of drug-likeness (QED) is 0.434. The molecule has 0 fully saturated rings. The summed E-state index contributed by atoms with van der Waals surface area (Å²) in [5.74, 6) is 0. The number of unbranched alkanes of at least 4 members (excludes halogenated alkanes) is 3. The number of nitrogens with one attached hydrogen (secondary N) is 1. The molecule has 0 saturated carbocycles. The molecule has 2 rings (SSSR count). The van der Waals surface area contributed by atoms with Crippen LogP contribution in [-0.4, -0.2) is 21.2 Å². The maximum atomic E-state index is 12.8. The lowest BCUT2D eigenvalue weighted by Gasteiger charge is -2.18. The van der Waals surface area contributed by atoms with Gasteiger partial charge in [-0.1, -0.05) is 74.2 Å². The van der Waals surface area contributed by atoms with Gasteiger partial charge in [0.2, 0.25) is 10.0 Å². The molecular weight excluding hydrogens is 356 g/mol. The van der Waals surface area contributed by atoms with Crippen molar-refractivity contribution < 1.29 is 8.42 Å². The molecule has 0 aromatic heterocycles. The molecule has 146 valence electrons. The first kappa shape index (κ1) is 21.3. The average Bonchev–Trinajstić information content (AvgIpc) is 2.67. The van der Waals surface area contributed by atoms with Crippen molar-refractivity contribution in [2.75, 3.05) is 6.54 Å². The van der Waals surface area contributed by atoms with E-state index in [4.69, 9.17) is 0 Å². The molecule has 0 aliphatic heterocycles. The molecule has 0 spiro atoms. The number of hydrogen-bond donors (Lipinski definition) is 1. The van der Waals surface area contributed by atoms with Crippen LogP contribution in [0, 0.1) is 6.92 Å². The highest BCUT2D eigenvalue weighted by atomic mass is 32.2. The summed E-state index contributed by atoms with van der Waals surface area (Å²) < 4.78 is 28.4. The number of sulfonamides is 1. The lowest BCUT2D eigenvalue weighted by molar-refractivity contribution is 0.561. The molecule has 0 heterocycles. The van der Waals surface area contributed by atoms with Crippen LogP contribution in [-0.2, 0) is 10.0 Å². The predicted octanol–water partition coefficient (Wildman–Crippen LogP) is 5.06. The third-order valence-electron chi connectivity index (χ3n) is 4.44. The fraction of sp³-hybridized carbons (Fsp3) is 0.409. The zero-order valence-electron chi connectivity index (χ0n) is 16.3. The van der Waals surface area contributed by atoms with Crippen molar-refractivity contribution in [2.24, 2.45) is 4.99 Å². The highest BCUT2D eigenvalue weighted by Crippen LogP contribution is 2.20. The number of aryl methyl sites for hydroxylation is 1. The molecule has 1 atom stereocenters. The maximum Gasteiger partial charge on any atom is 0.241 e. The number of hydrogen-bond acceptors (Lipinski definition) is 3. The molecule has 2 aromatic carbocycles. The van der Waals surface area contributed by atoms with Crippen molar-refractivity contribution in [3.8, 4) is 0 Å². The summed E-state index contributed by atoms with van der Waals surface area (Å²) in [6, 6.07) is 16.2. The van der Waals surface area contributed by atoms with Gasteiger partial charge in [0.1, 0.15) is 0 Å². The Labute approximate surface area is 163 Å². The number of benzene rings is 2. The smallest absolute Gasteiger partial charge is 0.241 e. The van der Waals surface area contributed by atoms with Crippen LogP contribution in [0.1, 0.15) is 56.2 Å². The summed E-state index contributed by atoms with van der Waals surface area (Å²) in [4.78, 5) is 4.75. The highest BCUT2D eigenvalue weighted by Gasteiger charge is 2.20. The van der Waals surface area contributed by atoms with Crippen LogP contribution in [0.4, 0.5) is 0 Å². The molecule has 0 amide bonds. The van der Waals surface area contributed by atoms with E-state index in [0.717, 1.165) is 24.1 Å². The van der Waals surface area contributed by atoms with Crippen molar-refractivity contribution in [3.63, 3.8) is 0 Å². The van der Waals surface area contributed by atoms with Crippen LogP contribution in [0.3, 0.4) is 0 Å². The fourth-order valence-electron chi connectivity index (χ4n) is 2.81. The van der Waals surface area contributed by atoms with Crippen LogP contribution in [0.15, 0.2) is 64.5 Å². The van der Waals surface area contributed by atoms with E-state index in [1.165, 1.54) is 19.3 Å². The third kappa shape index (κ3) is 7.27. The first-order valence-electron chi connectivity index (χ1n) is 9.65. The van der Waals surface area contributed by atoms with Crippen LogP contribution in [0.25, 0.3) is 0 Å². The lowest BCUT2D eigenvalue weighted by Crippen LogP contribution is -2.29. The average molecular weight is 387 g/mol. The lowest BCUT2D eigenvalue weighted by atomic mass is 10.1. The van der Waals surface area contributed by atoms with E-state index >= 15 is 0 Å². The van der Waals surface area contributed by atoms with Crippen LogP contribution < -0.4 is 4.72 Å². The second-order valence-corrected chi connectivity index (χ2v) is 8.50. The van der Waals surface area contributed by atoms with Gasteiger partial charge >= 0.3 is 0 Å². The van der Waals surface area contributed by atoms with E-state index in [0.29, 0.717) is 6.42 Å². The van der Waals surface area contributed by atoms with E-state index < -0.39 is 10.0 Å². The summed E-state index contributed by atoms with van der Waals surface area (Å²) >= 11 is 0. The van der Waals surface area contributed by atoms with Crippen LogP contribution >= 0.6 is 0 Å². The Bertz CT molecular complexity index is 800. The Hall–Kier alpha value is -1.98. The van der Waals surface area contributed by atoms with Gasteiger partial charge in [0.05, 0.1) is 10.9 Å². The zero-order valence-corrected chi connectivity index (χ0v) is 17.1. The summed E-state index contributed by atoms with van der Waals surface area (Å²) in [6.45, 7) is 4.92. The van der Waals surface area contributed by atoms with E-state index in [-0.39, 0.29) is 10.9 Å². The first-order valence-corrected chi connectivity index (χ1v) is 11.1. The molecule has 0 bridgehead atoms. The molecular formula is C22H30N2O2S. The summed E-state index contributed by atoms with van der Waals surface area (Å²) in [5, 5.41) is 0. The van der Waals surface area contributed by atoms with Crippen LogP contribution in [0.5, 0.6) is 0 Å². The first-order chi connectivity index (χ1) is 13.0. The fourth-order valence-corrected chi connectivity index (χ4v) is 4.05. The molecule has 2 aromatic rings. The second kappa shape index (κ2) is 11.0. The SMILES string of the molecule is CCCCCCN=CCC(NS(=O)(=O)c1ccc(C)cc1)c1ccccc1. The van der Waals surface area contributed by atoms with Gasteiger partial charge in [0, 0.05) is 19.2 Å². The topological polar surface area (TPSA) is 58.5 Å². The minimum atomic E-state index is -3.59. The maximum absolute atomic E-state index is 12.8. The predicted molar refractivity (Wildman–Crippen MR) is 113 cm³/mol. The van der Waals surface area contributed by atoms with Gasteiger partial charge in [-0.25, -0.2) is 13.1 Å². The second-order valence-electron chi connectivity index (χ2n) is 6.78. The molecule has 1 unspecified atom stereocenters. The third-order valence-corrected chi connectivity index (χ3v) is 5.93. The Morgan fingerprint density at radius 3 is 2.37 bits per heavy atom. The molecule has 1 N–H and O–H groups in total. The monoisotopic (exact) mass is 386 g/mol. The number of rotatable bonds is 11. The van der Waals surface area contributed by atoms with E-state index in [1.807, 2.05) is 55.6 Å². The van der Waals surface area contributed by atoms with E-state index in [2.05, 4.69) is 16.6 Å². The number of nitrogens with zero attached hydrogens (tertiary/aromatic N) is 1. The van der Waals surface area contributed by atoms with Gasteiger partial charge in [-0.15, -0.1) is 0 Å². The van der Waals surface area contributed by atoms with Gasteiger partial charge < -0.3 is 0 Å². The number of aliphatic imine (C=N–C) groups is 1. The normalized spacial score (nSPS) is 13.1. The molecule has 4 nitrogen and oxygen atoms in total. The van der Waals surface area contributed by atoms with Crippen molar-refractivity contribution in [1.29, 1.82) is 0 Å².